The van der Waals surface area contributed by atoms with Crippen LogP contribution in [0.1, 0.15) is 52.2 Å². The highest BCUT2D eigenvalue weighted by atomic mass is 32.1. The number of amides is 1. The van der Waals surface area contributed by atoms with Crippen LogP contribution >= 0.6 is 11.3 Å². The van der Waals surface area contributed by atoms with Gasteiger partial charge in [0.15, 0.2) is 0 Å². The Morgan fingerprint density at radius 2 is 2.04 bits per heavy atom. The fourth-order valence-corrected chi connectivity index (χ4v) is 4.15. The van der Waals surface area contributed by atoms with Gasteiger partial charge in [-0.15, -0.1) is 11.3 Å². The molecule has 7 heteroatoms. The van der Waals surface area contributed by atoms with Crippen molar-refractivity contribution in [2.75, 3.05) is 5.32 Å². The molecule has 0 spiro atoms. The molecule has 0 radical (unpaired) electrons. The van der Waals surface area contributed by atoms with E-state index < -0.39 is 5.91 Å². The second-order valence-corrected chi connectivity index (χ2v) is 6.97. The molecule has 1 amide bonds. The third-order valence-electron chi connectivity index (χ3n) is 4.20. The molecular weight excluding hydrogens is 324 g/mol. The van der Waals surface area contributed by atoms with E-state index in [1.165, 1.54) is 48.2 Å². The smallest absolute Gasteiger partial charge is 0.276 e. The highest BCUT2D eigenvalue weighted by molar-refractivity contribution is 7.16. The lowest BCUT2D eigenvalue weighted by atomic mass is 9.97. The fourth-order valence-electron chi connectivity index (χ4n) is 2.92. The molecule has 24 heavy (non-hydrogen) atoms. The molecule has 2 heterocycles. The number of carbonyl (C=O) groups excluding carboxylic acids is 1. The Hall–Kier alpha value is -2.46. The Labute approximate surface area is 143 Å². The van der Waals surface area contributed by atoms with Crippen molar-refractivity contribution in [2.45, 2.75) is 38.5 Å². The Kier molecular flexibility index (Phi) is 4.76. The largest absolute Gasteiger partial charge is 0.311 e. The van der Waals surface area contributed by atoms with Crippen molar-refractivity contribution >= 4 is 22.2 Å². The van der Waals surface area contributed by atoms with Crippen LogP contribution in [0.4, 0.5) is 5.00 Å². The number of rotatable bonds is 2. The summed E-state index contributed by atoms with van der Waals surface area (Å²) in [5, 5.41) is 16.9. The summed E-state index contributed by atoms with van der Waals surface area (Å²) >= 11 is 1.49. The van der Waals surface area contributed by atoms with E-state index in [0.29, 0.717) is 10.6 Å². The summed E-state index contributed by atoms with van der Waals surface area (Å²) in [5.41, 5.74) is 1.55. The van der Waals surface area contributed by atoms with Gasteiger partial charge in [-0.2, -0.15) is 10.4 Å². The minimum absolute atomic E-state index is 0.154. The molecule has 124 valence electrons. The van der Waals surface area contributed by atoms with Crippen molar-refractivity contribution < 1.29 is 4.79 Å². The fraction of sp³-hybridized carbons (Fsp3) is 0.412. The Balaban J connectivity index is 1.90. The zero-order valence-corrected chi connectivity index (χ0v) is 14.3. The summed E-state index contributed by atoms with van der Waals surface area (Å²) in [6.45, 7) is 0. The first-order valence-corrected chi connectivity index (χ1v) is 8.82. The van der Waals surface area contributed by atoms with Crippen LogP contribution in [0.25, 0.3) is 0 Å². The molecule has 2 aromatic rings. The van der Waals surface area contributed by atoms with Crippen molar-refractivity contribution in [1.82, 2.24) is 9.78 Å². The van der Waals surface area contributed by atoms with Crippen LogP contribution in [0.15, 0.2) is 16.9 Å². The number of carbonyl (C=O) groups is 1. The van der Waals surface area contributed by atoms with Gasteiger partial charge in [0.2, 0.25) is 0 Å². The van der Waals surface area contributed by atoms with Gasteiger partial charge in [-0.3, -0.25) is 9.59 Å². The molecular formula is C17H18N4O2S. The van der Waals surface area contributed by atoms with Crippen LogP contribution in [0.5, 0.6) is 0 Å². The van der Waals surface area contributed by atoms with Crippen LogP contribution in [-0.2, 0) is 19.9 Å². The highest BCUT2D eigenvalue weighted by Crippen LogP contribution is 2.36. The molecule has 0 aromatic carbocycles. The Bertz CT molecular complexity index is 876. The van der Waals surface area contributed by atoms with Crippen molar-refractivity contribution in [3.63, 3.8) is 0 Å². The van der Waals surface area contributed by atoms with Gasteiger partial charge >= 0.3 is 0 Å². The quantitative estimate of drug-likeness (QED) is 0.909. The molecule has 0 saturated carbocycles. The summed E-state index contributed by atoms with van der Waals surface area (Å²) in [4.78, 5) is 25.0. The molecule has 0 atom stereocenters. The lowest BCUT2D eigenvalue weighted by molar-refractivity contribution is 0.102. The molecule has 6 nitrogen and oxygen atoms in total. The molecule has 1 N–H and O–H groups in total. The first kappa shape index (κ1) is 16.4. The maximum atomic E-state index is 12.4. The number of hydrogen-bond donors (Lipinski definition) is 1. The van der Waals surface area contributed by atoms with Gasteiger partial charge in [-0.1, -0.05) is 12.8 Å². The monoisotopic (exact) mass is 342 g/mol. The summed E-state index contributed by atoms with van der Waals surface area (Å²) in [6, 6.07) is 4.95. The van der Waals surface area contributed by atoms with Crippen LogP contribution in [0.3, 0.4) is 0 Å². The molecule has 0 unspecified atom stereocenters. The number of aryl methyl sites for hydroxylation is 2. The van der Waals surface area contributed by atoms with Gasteiger partial charge in [-0.25, -0.2) is 4.68 Å². The van der Waals surface area contributed by atoms with E-state index in [-0.39, 0.29) is 11.3 Å². The van der Waals surface area contributed by atoms with Gasteiger partial charge < -0.3 is 5.32 Å². The summed E-state index contributed by atoms with van der Waals surface area (Å²) in [7, 11) is 1.50. The van der Waals surface area contributed by atoms with E-state index in [9.17, 15) is 14.9 Å². The van der Waals surface area contributed by atoms with E-state index in [1.807, 2.05) is 0 Å². The predicted octanol–water partition coefficient (Wildman–Crippen LogP) is 2.62. The highest BCUT2D eigenvalue weighted by Gasteiger charge is 2.21. The van der Waals surface area contributed by atoms with Crippen molar-refractivity contribution in [1.29, 1.82) is 5.26 Å². The maximum absolute atomic E-state index is 12.4. The number of nitrogens with zero attached hydrogens (tertiary/aromatic N) is 3. The van der Waals surface area contributed by atoms with E-state index in [2.05, 4.69) is 16.5 Å². The number of nitriles is 1. The SMILES string of the molecule is Cn1nc(C(=O)Nc2sc3c(c2C#N)CCCCCC3)ccc1=O. The molecule has 0 aliphatic heterocycles. The second-order valence-electron chi connectivity index (χ2n) is 5.87. The van der Waals surface area contributed by atoms with Gasteiger partial charge in [-0.05, 0) is 37.3 Å². The number of aromatic nitrogens is 2. The molecule has 0 fully saturated rings. The molecule has 0 bridgehead atoms. The lowest BCUT2D eigenvalue weighted by Gasteiger charge is -2.08. The molecule has 1 aliphatic carbocycles. The third-order valence-corrected chi connectivity index (χ3v) is 5.41. The predicted molar refractivity (Wildman–Crippen MR) is 92.3 cm³/mol. The van der Waals surface area contributed by atoms with E-state index in [1.54, 1.807) is 0 Å². The normalized spacial score (nSPS) is 14.2. The molecule has 3 rings (SSSR count). The number of anilines is 1. The minimum Gasteiger partial charge on any atom is -0.311 e. The Morgan fingerprint density at radius 1 is 1.29 bits per heavy atom. The molecule has 0 saturated heterocycles. The number of fused-ring (bicyclic) bond motifs is 1. The standard InChI is InChI=1S/C17H18N4O2S/c1-21-15(22)9-8-13(20-21)16(23)19-17-12(10-18)11-6-4-2-3-5-7-14(11)24-17/h8-9H,2-7H2,1H3,(H,19,23). The van der Waals surface area contributed by atoms with Gasteiger partial charge in [0.05, 0.1) is 5.56 Å². The number of thiophene rings is 1. The first-order chi connectivity index (χ1) is 11.6. The lowest BCUT2D eigenvalue weighted by Crippen LogP contribution is -2.23. The molecule has 1 aliphatic rings. The van der Waals surface area contributed by atoms with Crippen LogP contribution < -0.4 is 10.9 Å². The van der Waals surface area contributed by atoms with Crippen molar-refractivity contribution in [2.24, 2.45) is 7.05 Å². The van der Waals surface area contributed by atoms with E-state index >= 15 is 0 Å². The van der Waals surface area contributed by atoms with Gasteiger partial charge in [0, 0.05) is 18.0 Å². The molecule has 2 aromatic heterocycles. The van der Waals surface area contributed by atoms with Crippen molar-refractivity contribution in [3.05, 3.63) is 44.2 Å². The van der Waals surface area contributed by atoms with E-state index in [0.717, 1.165) is 35.9 Å². The average Bonchev–Trinajstić information content (AvgIpc) is 2.85. The van der Waals surface area contributed by atoms with Crippen LogP contribution in [0, 0.1) is 11.3 Å². The topological polar surface area (TPSA) is 87.8 Å². The number of hydrogen-bond acceptors (Lipinski definition) is 5. The zero-order valence-electron chi connectivity index (χ0n) is 13.5. The van der Waals surface area contributed by atoms with Crippen LogP contribution in [-0.4, -0.2) is 15.7 Å². The summed E-state index contributed by atoms with van der Waals surface area (Å²) in [6.07, 6.45) is 6.44. The zero-order chi connectivity index (χ0) is 17.1. The average molecular weight is 342 g/mol. The third kappa shape index (κ3) is 3.24. The maximum Gasteiger partial charge on any atom is 0.276 e. The summed E-state index contributed by atoms with van der Waals surface area (Å²) in [5.74, 6) is -0.406. The van der Waals surface area contributed by atoms with Gasteiger partial charge in [0.1, 0.15) is 16.8 Å². The summed E-state index contributed by atoms with van der Waals surface area (Å²) < 4.78 is 1.12. The van der Waals surface area contributed by atoms with Crippen LogP contribution in [0.2, 0.25) is 0 Å². The van der Waals surface area contributed by atoms with E-state index in [4.69, 9.17) is 0 Å². The Morgan fingerprint density at radius 3 is 2.75 bits per heavy atom. The minimum atomic E-state index is -0.406. The van der Waals surface area contributed by atoms with Gasteiger partial charge in [0.25, 0.3) is 11.5 Å². The van der Waals surface area contributed by atoms with Crippen molar-refractivity contribution in [3.8, 4) is 6.07 Å². The number of nitrogens with one attached hydrogen (secondary N) is 1. The second kappa shape index (κ2) is 6.97. The first-order valence-electron chi connectivity index (χ1n) is 8.00.